The van der Waals surface area contributed by atoms with Gasteiger partial charge in [0.15, 0.2) is 6.29 Å². The Hall–Kier alpha value is -3.19. The second kappa shape index (κ2) is 8.05. The van der Waals surface area contributed by atoms with E-state index in [1.54, 1.807) is 0 Å². The van der Waals surface area contributed by atoms with Crippen molar-refractivity contribution in [2.45, 2.75) is 39.5 Å². The number of aryl methyl sites for hydroxylation is 2. The first-order chi connectivity index (χ1) is 14.0. The summed E-state index contributed by atoms with van der Waals surface area (Å²) in [6, 6.07) is 13.9. The number of hydrogen-bond acceptors (Lipinski definition) is 6. The van der Waals surface area contributed by atoms with Crippen LogP contribution in [0.4, 0.5) is 5.95 Å². The van der Waals surface area contributed by atoms with E-state index in [1.807, 2.05) is 39.0 Å². The maximum atomic E-state index is 12.2. The summed E-state index contributed by atoms with van der Waals surface area (Å²) in [7, 11) is 0. The number of aromatic nitrogens is 2. The number of amides is 1. The molecule has 1 aromatic heterocycles. The summed E-state index contributed by atoms with van der Waals surface area (Å²) in [5, 5.41) is 10.5. The van der Waals surface area contributed by atoms with Crippen LogP contribution in [0.1, 0.15) is 36.2 Å². The van der Waals surface area contributed by atoms with Crippen molar-refractivity contribution < 1.29 is 9.53 Å². The molecule has 3 N–H and O–H groups in total. The molecule has 1 fully saturated rings. The molecule has 7 nitrogen and oxygen atoms in total. The van der Waals surface area contributed by atoms with Crippen LogP contribution in [0.5, 0.6) is 5.75 Å². The van der Waals surface area contributed by atoms with Crippen molar-refractivity contribution in [3.05, 3.63) is 59.3 Å². The average Bonchev–Trinajstić information content (AvgIpc) is 2.69. The van der Waals surface area contributed by atoms with Crippen LogP contribution in [0.15, 0.2) is 42.5 Å². The Kier molecular flexibility index (Phi) is 5.31. The van der Waals surface area contributed by atoms with Crippen molar-refractivity contribution >= 4 is 22.8 Å². The van der Waals surface area contributed by atoms with Crippen molar-refractivity contribution in [1.29, 1.82) is 0 Å². The van der Waals surface area contributed by atoms with Crippen molar-refractivity contribution in [3.8, 4) is 5.75 Å². The fourth-order valence-corrected chi connectivity index (χ4v) is 3.51. The molecule has 0 bridgehead atoms. The van der Waals surface area contributed by atoms with Gasteiger partial charge in [-0.25, -0.2) is 9.97 Å². The van der Waals surface area contributed by atoms with Crippen LogP contribution in [0.2, 0.25) is 0 Å². The third-order valence-corrected chi connectivity index (χ3v) is 4.98. The predicted octanol–water partition coefficient (Wildman–Crippen LogP) is 3.19. The van der Waals surface area contributed by atoms with E-state index in [4.69, 9.17) is 4.74 Å². The van der Waals surface area contributed by atoms with E-state index in [0.29, 0.717) is 19.0 Å². The summed E-state index contributed by atoms with van der Waals surface area (Å²) in [6.07, 6.45) is -0.0684. The molecule has 7 heteroatoms. The van der Waals surface area contributed by atoms with Crippen LogP contribution in [0, 0.1) is 13.8 Å². The topological polar surface area (TPSA) is 88.2 Å². The maximum absolute atomic E-state index is 12.2. The van der Waals surface area contributed by atoms with E-state index in [0.717, 1.165) is 27.9 Å². The maximum Gasteiger partial charge on any atom is 0.226 e. The summed E-state index contributed by atoms with van der Waals surface area (Å²) < 4.78 is 5.57. The lowest BCUT2D eigenvalue weighted by molar-refractivity contribution is -0.124. The zero-order chi connectivity index (χ0) is 20.4. The van der Waals surface area contributed by atoms with Gasteiger partial charge < -0.3 is 15.4 Å². The monoisotopic (exact) mass is 391 g/mol. The first kappa shape index (κ1) is 19.1. The molecule has 2 aromatic carbocycles. The number of rotatable bonds is 5. The number of carbonyl (C=O) groups excluding carboxylic acids is 1. The second-order valence-electron chi connectivity index (χ2n) is 7.22. The summed E-state index contributed by atoms with van der Waals surface area (Å²) in [5.41, 5.74) is 3.93. The minimum absolute atomic E-state index is 0.0225. The third kappa shape index (κ3) is 4.30. The van der Waals surface area contributed by atoms with Crippen LogP contribution in [0.3, 0.4) is 0 Å². The molecule has 1 saturated heterocycles. The third-order valence-electron chi connectivity index (χ3n) is 4.98. The Bertz CT molecular complexity index is 1040. The highest BCUT2D eigenvalue weighted by molar-refractivity contribution is 5.83. The summed E-state index contributed by atoms with van der Waals surface area (Å²) >= 11 is 0. The van der Waals surface area contributed by atoms with E-state index < -0.39 is 6.29 Å². The number of nitrogens with zero attached hydrogens (tertiary/aromatic N) is 2. The Labute approximate surface area is 169 Å². The minimum Gasteiger partial charge on any atom is -0.494 e. The number of benzene rings is 2. The molecule has 150 valence electrons. The molecule has 1 amide bonds. The summed E-state index contributed by atoms with van der Waals surface area (Å²) in [4.78, 5) is 21.4. The molecule has 0 spiro atoms. The molecular weight excluding hydrogens is 366 g/mol. The van der Waals surface area contributed by atoms with Gasteiger partial charge in [-0.15, -0.1) is 0 Å². The number of fused-ring (bicyclic) bond motifs is 1. The standard InChI is InChI=1S/C22H25N5O2/c1-4-29-16-9-10-18-17(11-16)14(3)23-21(24-18)27-22-25-19(12-20(28)26-22)15-7-5-13(2)6-8-15/h5-11,19,22,25H,4,12H2,1-3H3,(H,26,28)(H,23,24,27). The van der Waals surface area contributed by atoms with Crippen molar-refractivity contribution in [2.75, 3.05) is 11.9 Å². The van der Waals surface area contributed by atoms with Gasteiger partial charge in [-0.2, -0.15) is 0 Å². The molecule has 29 heavy (non-hydrogen) atoms. The second-order valence-corrected chi connectivity index (χ2v) is 7.22. The number of carbonyl (C=O) groups is 1. The fourth-order valence-electron chi connectivity index (χ4n) is 3.51. The van der Waals surface area contributed by atoms with E-state index in [1.165, 1.54) is 5.56 Å². The van der Waals surface area contributed by atoms with Gasteiger partial charge in [-0.1, -0.05) is 29.8 Å². The first-order valence-corrected chi connectivity index (χ1v) is 9.81. The fraction of sp³-hybridized carbons (Fsp3) is 0.318. The van der Waals surface area contributed by atoms with Crippen LogP contribution in [-0.2, 0) is 4.79 Å². The molecule has 0 saturated carbocycles. The van der Waals surface area contributed by atoms with Gasteiger partial charge >= 0.3 is 0 Å². The zero-order valence-electron chi connectivity index (χ0n) is 16.8. The van der Waals surface area contributed by atoms with E-state index in [-0.39, 0.29) is 11.9 Å². The molecule has 2 heterocycles. The lowest BCUT2D eigenvalue weighted by Crippen LogP contribution is -2.56. The van der Waals surface area contributed by atoms with Gasteiger partial charge in [0.2, 0.25) is 11.9 Å². The molecule has 1 aliphatic heterocycles. The summed E-state index contributed by atoms with van der Waals surface area (Å²) in [6.45, 7) is 6.55. The van der Waals surface area contributed by atoms with Gasteiger partial charge in [0.25, 0.3) is 0 Å². The van der Waals surface area contributed by atoms with Crippen LogP contribution in [0.25, 0.3) is 10.9 Å². The van der Waals surface area contributed by atoms with Crippen LogP contribution in [-0.4, -0.2) is 28.8 Å². The Morgan fingerprint density at radius 2 is 1.93 bits per heavy atom. The average molecular weight is 391 g/mol. The number of anilines is 1. The predicted molar refractivity (Wildman–Crippen MR) is 113 cm³/mol. The molecule has 2 unspecified atom stereocenters. The largest absolute Gasteiger partial charge is 0.494 e. The van der Waals surface area contributed by atoms with Crippen LogP contribution >= 0.6 is 0 Å². The van der Waals surface area contributed by atoms with E-state index in [9.17, 15) is 4.79 Å². The van der Waals surface area contributed by atoms with Gasteiger partial charge in [-0.3, -0.25) is 10.1 Å². The lowest BCUT2D eigenvalue weighted by Gasteiger charge is -2.32. The van der Waals surface area contributed by atoms with Crippen molar-refractivity contribution in [2.24, 2.45) is 0 Å². The normalized spacial score (nSPS) is 19.1. The smallest absolute Gasteiger partial charge is 0.226 e. The Morgan fingerprint density at radius 3 is 2.69 bits per heavy atom. The molecular formula is C22H25N5O2. The van der Waals surface area contributed by atoms with Gasteiger partial charge in [-0.05, 0) is 44.5 Å². The number of hydrogen-bond donors (Lipinski definition) is 3. The highest BCUT2D eigenvalue weighted by Crippen LogP contribution is 2.24. The highest BCUT2D eigenvalue weighted by Gasteiger charge is 2.27. The van der Waals surface area contributed by atoms with Gasteiger partial charge in [0.1, 0.15) is 5.75 Å². The molecule has 4 rings (SSSR count). The molecule has 3 aromatic rings. The first-order valence-electron chi connectivity index (χ1n) is 9.81. The molecule has 1 aliphatic rings. The van der Waals surface area contributed by atoms with Crippen molar-refractivity contribution in [1.82, 2.24) is 20.6 Å². The van der Waals surface area contributed by atoms with E-state index >= 15 is 0 Å². The Balaban J connectivity index is 1.54. The minimum atomic E-state index is -0.456. The zero-order valence-corrected chi connectivity index (χ0v) is 16.8. The summed E-state index contributed by atoms with van der Waals surface area (Å²) in [5.74, 6) is 1.24. The lowest BCUT2D eigenvalue weighted by atomic mass is 10.0. The Morgan fingerprint density at radius 1 is 1.14 bits per heavy atom. The number of nitrogens with one attached hydrogen (secondary N) is 3. The van der Waals surface area contributed by atoms with Gasteiger partial charge in [0.05, 0.1) is 17.8 Å². The van der Waals surface area contributed by atoms with Crippen LogP contribution < -0.4 is 20.7 Å². The molecule has 2 atom stereocenters. The van der Waals surface area contributed by atoms with Crippen molar-refractivity contribution in [3.63, 3.8) is 0 Å². The highest BCUT2D eigenvalue weighted by atomic mass is 16.5. The quantitative estimate of drug-likeness (QED) is 0.619. The SMILES string of the molecule is CCOc1ccc2nc(NC3NC(=O)CC(c4ccc(C)cc4)N3)nc(C)c2c1. The molecule has 0 radical (unpaired) electrons. The molecule has 0 aliphatic carbocycles. The van der Waals surface area contributed by atoms with E-state index in [2.05, 4.69) is 50.2 Å². The van der Waals surface area contributed by atoms with Gasteiger partial charge in [0, 0.05) is 17.8 Å². The number of ether oxygens (including phenoxy) is 1.